The third-order valence-corrected chi connectivity index (χ3v) is 4.75. The van der Waals surface area contributed by atoms with Crippen molar-refractivity contribution in [1.29, 1.82) is 0 Å². The average Bonchev–Trinajstić information content (AvgIpc) is 3.20. The third-order valence-electron chi connectivity index (χ3n) is 4.75. The zero-order chi connectivity index (χ0) is 14.1. The lowest BCUT2D eigenvalue weighted by molar-refractivity contribution is 0.237. The van der Waals surface area contributed by atoms with E-state index in [9.17, 15) is 0 Å². The van der Waals surface area contributed by atoms with Gasteiger partial charge in [-0.3, -0.25) is 4.90 Å². The predicted molar refractivity (Wildman–Crippen MR) is 82.3 cm³/mol. The van der Waals surface area contributed by atoms with Gasteiger partial charge in [0.15, 0.2) is 0 Å². The van der Waals surface area contributed by atoms with Gasteiger partial charge in [-0.2, -0.15) is 0 Å². The summed E-state index contributed by atoms with van der Waals surface area (Å²) in [5.41, 5.74) is 2.73. The minimum atomic E-state index is 0.399. The molecule has 3 rings (SSSR count). The molecule has 1 N–H and O–H groups in total. The minimum absolute atomic E-state index is 0.399. The highest BCUT2D eigenvalue weighted by atomic mass is 16.5. The smallest absolute Gasteiger partial charge is 0.122 e. The monoisotopic (exact) mass is 274 g/mol. The van der Waals surface area contributed by atoms with Crippen LogP contribution in [0.15, 0.2) is 18.2 Å². The first-order valence-corrected chi connectivity index (χ1v) is 7.86. The van der Waals surface area contributed by atoms with Crippen LogP contribution in [0.5, 0.6) is 5.75 Å². The molecule has 1 aromatic carbocycles. The van der Waals surface area contributed by atoms with Crippen molar-refractivity contribution >= 4 is 0 Å². The van der Waals surface area contributed by atoms with Crippen molar-refractivity contribution in [3.63, 3.8) is 0 Å². The van der Waals surface area contributed by atoms with E-state index in [1.165, 1.54) is 24.0 Å². The zero-order valence-electron chi connectivity index (χ0n) is 12.9. The molecule has 3 heteroatoms. The lowest BCUT2D eigenvalue weighted by Crippen LogP contribution is -2.39. The van der Waals surface area contributed by atoms with Gasteiger partial charge in [0.05, 0.1) is 6.61 Å². The number of hydrogen-bond acceptors (Lipinski definition) is 3. The number of fused-ring (bicyclic) bond motifs is 1. The molecule has 2 aliphatic rings. The second-order valence-electron chi connectivity index (χ2n) is 6.34. The number of benzene rings is 1. The van der Waals surface area contributed by atoms with E-state index in [0.717, 1.165) is 31.4 Å². The molecule has 20 heavy (non-hydrogen) atoms. The Kier molecular flexibility index (Phi) is 3.99. The van der Waals surface area contributed by atoms with Crippen molar-refractivity contribution < 1.29 is 4.74 Å². The number of nitrogens with zero attached hydrogens (tertiary/aromatic N) is 1. The van der Waals surface area contributed by atoms with E-state index in [2.05, 4.69) is 49.3 Å². The average molecular weight is 274 g/mol. The molecule has 0 aromatic heterocycles. The summed E-state index contributed by atoms with van der Waals surface area (Å²) >= 11 is 0. The van der Waals surface area contributed by atoms with Gasteiger partial charge in [0.2, 0.25) is 0 Å². The highest BCUT2D eigenvalue weighted by Crippen LogP contribution is 2.29. The van der Waals surface area contributed by atoms with E-state index < -0.39 is 0 Å². The Morgan fingerprint density at radius 3 is 2.90 bits per heavy atom. The van der Waals surface area contributed by atoms with Crippen LogP contribution < -0.4 is 10.1 Å². The van der Waals surface area contributed by atoms with Crippen LogP contribution in [-0.2, 0) is 6.42 Å². The van der Waals surface area contributed by atoms with Crippen molar-refractivity contribution in [2.45, 2.75) is 51.2 Å². The fourth-order valence-electron chi connectivity index (χ4n) is 2.93. The molecule has 2 atom stereocenters. The molecule has 1 aliphatic carbocycles. The number of rotatable bonds is 6. The first kappa shape index (κ1) is 13.9. The summed E-state index contributed by atoms with van der Waals surface area (Å²) in [7, 11) is 2.25. The Morgan fingerprint density at radius 1 is 1.35 bits per heavy atom. The summed E-state index contributed by atoms with van der Waals surface area (Å²) in [6.45, 7) is 6.45. The minimum Gasteiger partial charge on any atom is -0.493 e. The largest absolute Gasteiger partial charge is 0.493 e. The molecule has 0 spiro atoms. The normalized spacial score (nSPS) is 20.6. The molecule has 0 saturated heterocycles. The standard InChI is InChI=1S/C17H26N2O/c1-12(19(3)16-5-6-16)11-18-13(2)14-4-7-17-15(10-14)8-9-20-17/h4,7,10,12-13,16,18H,5-6,8-9,11H2,1-3H3. The summed E-state index contributed by atoms with van der Waals surface area (Å²) in [6.07, 6.45) is 3.80. The predicted octanol–water partition coefficient (Wildman–Crippen LogP) is 2.75. The summed E-state index contributed by atoms with van der Waals surface area (Å²) < 4.78 is 5.57. The Labute approximate surface area is 122 Å². The Morgan fingerprint density at radius 2 is 2.15 bits per heavy atom. The summed E-state index contributed by atoms with van der Waals surface area (Å²) in [6, 6.07) is 8.44. The number of likely N-dealkylation sites (N-methyl/N-ethyl adjacent to an activating group) is 1. The van der Waals surface area contributed by atoms with Gasteiger partial charge >= 0.3 is 0 Å². The van der Waals surface area contributed by atoms with Crippen molar-refractivity contribution in [1.82, 2.24) is 10.2 Å². The van der Waals surface area contributed by atoms with Gasteiger partial charge < -0.3 is 10.1 Å². The van der Waals surface area contributed by atoms with Gasteiger partial charge in [0, 0.05) is 31.1 Å². The summed E-state index contributed by atoms with van der Waals surface area (Å²) in [5.74, 6) is 1.07. The first-order chi connectivity index (χ1) is 9.65. The second kappa shape index (κ2) is 5.74. The van der Waals surface area contributed by atoms with Crippen LogP contribution in [0.2, 0.25) is 0 Å². The molecule has 2 unspecified atom stereocenters. The highest BCUT2D eigenvalue weighted by molar-refractivity contribution is 5.40. The van der Waals surface area contributed by atoms with E-state index in [-0.39, 0.29) is 0 Å². The molecule has 1 saturated carbocycles. The molecular weight excluding hydrogens is 248 g/mol. The van der Waals surface area contributed by atoms with Gasteiger partial charge in [-0.15, -0.1) is 0 Å². The Balaban J connectivity index is 1.54. The van der Waals surface area contributed by atoms with Crippen LogP contribution in [0.25, 0.3) is 0 Å². The Hall–Kier alpha value is -1.06. The molecule has 1 heterocycles. The maximum absolute atomic E-state index is 5.57. The van der Waals surface area contributed by atoms with E-state index in [4.69, 9.17) is 4.74 Å². The van der Waals surface area contributed by atoms with Crippen molar-refractivity contribution in [2.75, 3.05) is 20.2 Å². The molecular formula is C17H26N2O. The van der Waals surface area contributed by atoms with Crippen molar-refractivity contribution in [3.05, 3.63) is 29.3 Å². The van der Waals surface area contributed by atoms with Crippen molar-refractivity contribution in [2.24, 2.45) is 0 Å². The van der Waals surface area contributed by atoms with Crippen LogP contribution in [0.3, 0.4) is 0 Å². The molecule has 110 valence electrons. The second-order valence-corrected chi connectivity index (χ2v) is 6.34. The highest BCUT2D eigenvalue weighted by Gasteiger charge is 2.29. The maximum atomic E-state index is 5.57. The maximum Gasteiger partial charge on any atom is 0.122 e. The molecule has 0 radical (unpaired) electrons. The van der Waals surface area contributed by atoms with Gasteiger partial charge in [-0.05, 0) is 50.9 Å². The quantitative estimate of drug-likeness (QED) is 0.863. The van der Waals surface area contributed by atoms with Crippen LogP contribution in [0.4, 0.5) is 0 Å². The van der Waals surface area contributed by atoms with Crippen molar-refractivity contribution in [3.8, 4) is 5.75 Å². The molecule has 1 aromatic rings. The number of nitrogens with one attached hydrogen (secondary N) is 1. The summed E-state index contributed by atoms with van der Waals surface area (Å²) in [4.78, 5) is 2.51. The molecule has 0 bridgehead atoms. The van der Waals surface area contributed by atoms with E-state index in [1.54, 1.807) is 0 Å². The zero-order valence-corrected chi connectivity index (χ0v) is 12.9. The van der Waals surface area contributed by atoms with Gasteiger partial charge in [-0.1, -0.05) is 12.1 Å². The van der Waals surface area contributed by atoms with Gasteiger partial charge in [0.25, 0.3) is 0 Å². The van der Waals surface area contributed by atoms with E-state index in [0.29, 0.717) is 12.1 Å². The van der Waals surface area contributed by atoms with Gasteiger partial charge in [0.1, 0.15) is 5.75 Å². The summed E-state index contributed by atoms with van der Waals surface area (Å²) in [5, 5.41) is 3.67. The van der Waals surface area contributed by atoms with Crippen LogP contribution in [0, 0.1) is 0 Å². The molecule has 0 amide bonds. The molecule has 3 nitrogen and oxygen atoms in total. The number of ether oxygens (including phenoxy) is 1. The fourth-order valence-corrected chi connectivity index (χ4v) is 2.93. The Bertz CT molecular complexity index is 470. The fraction of sp³-hybridized carbons (Fsp3) is 0.647. The van der Waals surface area contributed by atoms with E-state index in [1.807, 2.05) is 0 Å². The lowest BCUT2D eigenvalue weighted by Gasteiger charge is -2.26. The number of hydrogen-bond donors (Lipinski definition) is 1. The van der Waals surface area contributed by atoms with Crippen LogP contribution in [-0.4, -0.2) is 37.2 Å². The topological polar surface area (TPSA) is 24.5 Å². The lowest BCUT2D eigenvalue weighted by atomic mass is 10.0. The molecule has 1 fully saturated rings. The van der Waals surface area contributed by atoms with Crippen LogP contribution >= 0.6 is 0 Å². The van der Waals surface area contributed by atoms with Crippen LogP contribution in [0.1, 0.15) is 43.9 Å². The third kappa shape index (κ3) is 2.99. The SMILES string of the molecule is CC(NCC(C)N(C)C1CC1)c1ccc2c(c1)CCO2. The van der Waals surface area contributed by atoms with E-state index >= 15 is 0 Å². The first-order valence-electron chi connectivity index (χ1n) is 7.86. The molecule has 1 aliphatic heterocycles. The van der Waals surface area contributed by atoms with Gasteiger partial charge in [-0.25, -0.2) is 0 Å².